The van der Waals surface area contributed by atoms with Gasteiger partial charge in [0.25, 0.3) is 5.91 Å². The van der Waals surface area contributed by atoms with E-state index in [2.05, 4.69) is 5.48 Å². The lowest BCUT2D eigenvalue weighted by Crippen LogP contribution is -2.22. The molecule has 1 aromatic carbocycles. The second-order valence-corrected chi connectivity index (χ2v) is 6.81. The summed E-state index contributed by atoms with van der Waals surface area (Å²) < 4.78 is 0. The third-order valence-corrected chi connectivity index (χ3v) is 5.34. The quantitative estimate of drug-likeness (QED) is 0.880. The van der Waals surface area contributed by atoms with Gasteiger partial charge < -0.3 is 0 Å². The molecule has 1 amide bonds. The number of nitrogens with one attached hydrogen (secondary N) is 1. The molecule has 0 bridgehead atoms. The molecule has 0 unspecified atom stereocenters. The van der Waals surface area contributed by atoms with Crippen molar-refractivity contribution in [1.82, 2.24) is 5.48 Å². The third-order valence-electron chi connectivity index (χ3n) is 3.10. The molecule has 1 N–H and O–H groups in total. The summed E-state index contributed by atoms with van der Waals surface area (Å²) in [7, 11) is 0. The van der Waals surface area contributed by atoms with Crippen LogP contribution >= 0.6 is 23.1 Å². The van der Waals surface area contributed by atoms with Gasteiger partial charge in [0, 0.05) is 10.6 Å². The van der Waals surface area contributed by atoms with Crippen LogP contribution in [0.2, 0.25) is 0 Å². The predicted octanol–water partition coefficient (Wildman–Crippen LogP) is 3.40. The molecular formula is C15H15NO2S2. The fraction of sp³-hybridized carbons (Fsp3) is 0.267. The Morgan fingerprint density at radius 1 is 1.30 bits per heavy atom. The molecule has 0 saturated carbocycles. The minimum absolute atomic E-state index is 0.148. The van der Waals surface area contributed by atoms with Crippen molar-refractivity contribution in [2.24, 2.45) is 0 Å². The lowest BCUT2D eigenvalue weighted by Gasteiger charge is -2.08. The van der Waals surface area contributed by atoms with Gasteiger partial charge in [-0.3, -0.25) is 9.63 Å². The molecule has 2 aromatic rings. The number of hydrogen-bond donors (Lipinski definition) is 1. The number of thioether (sulfide) groups is 1. The molecule has 1 aliphatic heterocycles. The van der Waals surface area contributed by atoms with E-state index in [1.165, 1.54) is 10.4 Å². The van der Waals surface area contributed by atoms with E-state index < -0.39 is 0 Å². The number of fused-ring (bicyclic) bond motifs is 1. The first-order valence-corrected chi connectivity index (χ1v) is 8.45. The van der Waals surface area contributed by atoms with Crippen molar-refractivity contribution in [3.8, 4) is 0 Å². The first kappa shape index (κ1) is 13.7. The summed E-state index contributed by atoms with van der Waals surface area (Å²) in [6, 6.07) is 11.8. The van der Waals surface area contributed by atoms with Gasteiger partial charge in [-0.15, -0.1) is 11.3 Å². The molecule has 20 heavy (non-hydrogen) atoms. The van der Waals surface area contributed by atoms with E-state index in [1.807, 2.05) is 48.2 Å². The number of amides is 1. The number of benzene rings is 1. The van der Waals surface area contributed by atoms with Gasteiger partial charge in [0.2, 0.25) is 0 Å². The average Bonchev–Trinajstić information content (AvgIpc) is 2.92. The topological polar surface area (TPSA) is 38.3 Å². The van der Waals surface area contributed by atoms with E-state index in [0.717, 1.165) is 28.4 Å². The van der Waals surface area contributed by atoms with Crippen LogP contribution in [-0.4, -0.2) is 11.7 Å². The van der Waals surface area contributed by atoms with E-state index in [0.29, 0.717) is 6.61 Å². The minimum atomic E-state index is -0.148. The molecule has 0 fully saturated rings. The van der Waals surface area contributed by atoms with Gasteiger partial charge in [0.15, 0.2) is 0 Å². The van der Waals surface area contributed by atoms with Crippen LogP contribution in [0.15, 0.2) is 36.4 Å². The summed E-state index contributed by atoms with van der Waals surface area (Å²) in [6.07, 6.45) is 1.07. The van der Waals surface area contributed by atoms with Gasteiger partial charge in [-0.05, 0) is 29.4 Å². The van der Waals surface area contributed by atoms with Gasteiger partial charge in [-0.1, -0.05) is 30.3 Å². The third kappa shape index (κ3) is 3.23. The Kier molecular flexibility index (Phi) is 4.40. The Hall–Kier alpha value is -1.30. The largest absolute Gasteiger partial charge is 0.284 e. The number of aryl methyl sites for hydroxylation is 1. The van der Waals surface area contributed by atoms with Crippen molar-refractivity contribution in [3.05, 3.63) is 57.3 Å². The van der Waals surface area contributed by atoms with Crippen molar-refractivity contribution in [3.63, 3.8) is 0 Å². The van der Waals surface area contributed by atoms with E-state index in [-0.39, 0.29) is 5.91 Å². The Morgan fingerprint density at radius 3 is 2.95 bits per heavy atom. The number of carbonyl (C=O) groups is 1. The first-order chi connectivity index (χ1) is 9.83. The normalized spacial score (nSPS) is 13.8. The zero-order chi connectivity index (χ0) is 13.8. The fourth-order valence-corrected chi connectivity index (χ4v) is 4.33. The first-order valence-electron chi connectivity index (χ1n) is 6.48. The molecule has 3 rings (SSSR count). The highest BCUT2D eigenvalue weighted by Crippen LogP contribution is 2.31. The van der Waals surface area contributed by atoms with Gasteiger partial charge in [0.1, 0.15) is 0 Å². The number of rotatable bonds is 4. The standard InChI is InChI=1S/C15H15NO2S2/c17-15(16-18-9-11-4-2-1-3-5-11)14-8-12-10-19-7-6-13(12)20-14/h1-5,8H,6-7,9-10H2,(H,16,17). The Balaban J connectivity index is 1.55. The molecule has 0 saturated heterocycles. The molecule has 3 nitrogen and oxygen atoms in total. The summed E-state index contributed by atoms with van der Waals surface area (Å²) in [5.41, 5.74) is 4.86. The van der Waals surface area contributed by atoms with Gasteiger partial charge in [-0.25, -0.2) is 5.48 Å². The zero-order valence-corrected chi connectivity index (χ0v) is 12.6. The van der Waals surface area contributed by atoms with Crippen LogP contribution in [0.25, 0.3) is 0 Å². The minimum Gasteiger partial charge on any atom is -0.269 e. The summed E-state index contributed by atoms with van der Waals surface area (Å²) in [5, 5.41) is 0. The fourth-order valence-electron chi connectivity index (χ4n) is 2.07. The molecule has 1 aliphatic rings. The maximum atomic E-state index is 12.0. The molecule has 5 heteroatoms. The van der Waals surface area contributed by atoms with Crippen LogP contribution in [0.5, 0.6) is 0 Å². The molecule has 0 radical (unpaired) electrons. The number of carbonyl (C=O) groups excluding carboxylic acids is 1. The van der Waals surface area contributed by atoms with Gasteiger partial charge in [-0.2, -0.15) is 11.8 Å². The molecule has 2 heterocycles. The second-order valence-electron chi connectivity index (χ2n) is 4.57. The van der Waals surface area contributed by atoms with E-state index in [1.54, 1.807) is 11.3 Å². The number of thiophene rings is 1. The lowest BCUT2D eigenvalue weighted by atomic mass is 10.2. The van der Waals surface area contributed by atoms with E-state index in [4.69, 9.17) is 4.84 Å². The Bertz CT molecular complexity index is 572. The molecular weight excluding hydrogens is 290 g/mol. The molecule has 0 aliphatic carbocycles. The number of hydrogen-bond acceptors (Lipinski definition) is 4. The van der Waals surface area contributed by atoms with Crippen molar-refractivity contribution in [2.45, 2.75) is 18.8 Å². The van der Waals surface area contributed by atoms with Crippen LogP contribution in [0.1, 0.15) is 25.7 Å². The lowest BCUT2D eigenvalue weighted by molar-refractivity contribution is 0.0237. The molecule has 1 aromatic heterocycles. The smallest absolute Gasteiger partial charge is 0.269 e. The predicted molar refractivity (Wildman–Crippen MR) is 82.9 cm³/mol. The molecule has 0 atom stereocenters. The van der Waals surface area contributed by atoms with Crippen LogP contribution in [-0.2, 0) is 23.6 Å². The highest BCUT2D eigenvalue weighted by Gasteiger charge is 2.17. The number of hydroxylamine groups is 1. The second kappa shape index (κ2) is 6.43. The zero-order valence-electron chi connectivity index (χ0n) is 10.9. The van der Waals surface area contributed by atoms with Crippen LogP contribution in [0.3, 0.4) is 0 Å². The summed E-state index contributed by atoms with van der Waals surface area (Å²) in [4.78, 5) is 19.4. The maximum Gasteiger partial charge on any atom is 0.284 e. The van der Waals surface area contributed by atoms with Crippen molar-refractivity contribution in [2.75, 3.05) is 5.75 Å². The van der Waals surface area contributed by atoms with Gasteiger partial charge >= 0.3 is 0 Å². The van der Waals surface area contributed by atoms with E-state index in [9.17, 15) is 4.79 Å². The molecule has 104 valence electrons. The highest BCUT2D eigenvalue weighted by atomic mass is 32.2. The van der Waals surface area contributed by atoms with Crippen LogP contribution in [0.4, 0.5) is 0 Å². The van der Waals surface area contributed by atoms with E-state index >= 15 is 0 Å². The average molecular weight is 305 g/mol. The highest BCUT2D eigenvalue weighted by molar-refractivity contribution is 7.98. The Labute approximate surface area is 126 Å². The van der Waals surface area contributed by atoms with Gasteiger partial charge in [0.05, 0.1) is 11.5 Å². The Morgan fingerprint density at radius 2 is 2.15 bits per heavy atom. The van der Waals surface area contributed by atoms with Crippen molar-refractivity contribution in [1.29, 1.82) is 0 Å². The SMILES string of the molecule is O=C(NOCc1ccccc1)c1cc2c(s1)CCSC2. The van der Waals surface area contributed by atoms with Crippen molar-refractivity contribution >= 4 is 29.0 Å². The van der Waals surface area contributed by atoms with Crippen LogP contribution in [0, 0.1) is 0 Å². The van der Waals surface area contributed by atoms with Crippen molar-refractivity contribution < 1.29 is 9.63 Å². The summed E-state index contributed by atoms with van der Waals surface area (Å²) >= 11 is 3.51. The summed E-state index contributed by atoms with van der Waals surface area (Å²) in [6.45, 7) is 0.382. The monoisotopic (exact) mass is 305 g/mol. The summed E-state index contributed by atoms with van der Waals surface area (Å²) in [5.74, 6) is 2.02. The maximum absolute atomic E-state index is 12.0. The van der Waals surface area contributed by atoms with Crippen LogP contribution < -0.4 is 5.48 Å². The molecule has 0 spiro atoms.